The summed E-state index contributed by atoms with van der Waals surface area (Å²) in [4.78, 5) is 1.41. The van der Waals surface area contributed by atoms with Crippen LogP contribution in [0.15, 0.2) is 0 Å². The van der Waals surface area contributed by atoms with Crippen LogP contribution < -0.4 is 5.73 Å². The Hall–Kier alpha value is -0.330. The molecule has 96 valence electrons. The van der Waals surface area contributed by atoms with Gasteiger partial charge in [-0.05, 0) is 19.8 Å². The zero-order chi connectivity index (χ0) is 12.2. The second-order valence-corrected chi connectivity index (χ2v) is 3.98. The second-order valence-electron chi connectivity index (χ2n) is 3.98. The SMILES string of the molecule is CCOC1CCN(C(CN)C(F)(F)F)CC1. The van der Waals surface area contributed by atoms with Gasteiger partial charge >= 0.3 is 6.18 Å². The van der Waals surface area contributed by atoms with Gasteiger partial charge in [0.25, 0.3) is 0 Å². The first-order valence-electron chi connectivity index (χ1n) is 5.61. The van der Waals surface area contributed by atoms with Crippen LogP contribution in [0.5, 0.6) is 0 Å². The molecule has 1 rings (SSSR count). The van der Waals surface area contributed by atoms with Crippen LogP contribution in [-0.4, -0.2) is 49.5 Å². The average Bonchev–Trinajstić information content (AvgIpc) is 2.20. The molecule has 1 aliphatic rings. The lowest BCUT2D eigenvalue weighted by atomic mass is 10.1. The first-order chi connectivity index (χ1) is 7.49. The summed E-state index contributed by atoms with van der Waals surface area (Å²) in [5.74, 6) is 0. The summed E-state index contributed by atoms with van der Waals surface area (Å²) in [5.41, 5.74) is 5.19. The summed E-state index contributed by atoms with van der Waals surface area (Å²) in [7, 11) is 0. The minimum atomic E-state index is -4.23. The molecule has 1 atom stereocenters. The van der Waals surface area contributed by atoms with Crippen molar-refractivity contribution in [2.24, 2.45) is 5.73 Å². The maximum absolute atomic E-state index is 12.6. The molecule has 0 aromatic carbocycles. The molecule has 2 N–H and O–H groups in total. The number of halogens is 3. The molecule has 1 fully saturated rings. The molecule has 0 saturated carbocycles. The van der Waals surface area contributed by atoms with E-state index in [4.69, 9.17) is 10.5 Å². The minimum absolute atomic E-state index is 0.105. The lowest BCUT2D eigenvalue weighted by Crippen LogP contribution is -2.53. The van der Waals surface area contributed by atoms with Crippen molar-refractivity contribution < 1.29 is 17.9 Å². The predicted octanol–water partition coefficient (Wildman–Crippen LogP) is 1.38. The average molecular weight is 240 g/mol. The van der Waals surface area contributed by atoms with E-state index >= 15 is 0 Å². The number of alkyl halides is 3. The van der Waals surface area contributed by atoms with Crippen molar-refractivity contribution >= 4 is 0 Å². The van der Waals surface area contributed by atoms with Crippen LogP contribution >= 0.6 is 0 Å². The molecule has 6 heteroatoms. The molecular formula is C10H19F3N2O. The van der Waals surface area contributed by atoms with E-state index in [0.29, 0.717) is 32.5 Å². The van der Waals surface area contributed by atoms with Crippen LogP contribution in [0.2, 0.25) is 0 Å². The normalized spacial score (nSPS) is 22.3. The Labute approximate surface area is 93.7 Å². The maximum atomic E-state index is 12.6. The monoisotopic (exact) mass is 240 g/mol. The van der Waals surface area contributed by atoms with Crippen molar-refractivity contribution in [3.63, 3.8) is 0 Å². The van der Waals surface area contributed by atoms with Gasteiger partial charge in [0.1, 0.15) is 6.04 Å². The fraction of sp³-hybridized carbons (Fsp3) is 1.00. The molecule has 0 spiro atoms. The number of nitrogens with zero attached hydrogens (tertiary/aromatic N) is 1. The smallest absolute Gasteiger partial charge is 0.378 e. The summed E-state index contributed by atoms with van der Waals surface area (Å²) in [6.07, 6.45) is -2.82. The number of ether oxygens (including phenoxy) is 1. The third kappa shape index (κ3) is 3.61. The molecule has 1 heterocycles. The number of hydrogen-bond donors (Lipinski definition) is 1. The summed E-state index contributed by atoms with van der Waals surface area (Å²) in [6.45, 7) is 2.95. The highest BCUT2D eigenvalue weighted by atomic mass is 19.4. The Morgan fingerprint density at radius 1 is 1.38 bits per heavy atom. The summed E-state index contributed by atoms with van der Waals surface area (Å²) in [5, 5.41) is 0. The number of rotatable bonds is 4. The molecule has 1 aliphatic heterocycles. The van der Waals surface area contributed by atoms with Crippen molar-refractivity contribution in [2.75, 3.05) is 26.2 Å². The van der Waals surface area contributed by atoms with Crippen LogP contribution in [0.4, 0.5) is 13.2 Å². The first-order valence-corrected chi connectivity index (χ1v) is 5.61. The molecule has 3 nitrogen and oxygen atoms in total. The Morgan fingerprint density at radius 3 is 2.31 bits per heavy atom. The standard InChI is InChI=1S/C10H19F3N2O/c1-2-16-8-3-5-15(6-4-8)9(7-14)10(11,12)13/h8-9H,2-7,14H2,1H3. The Kier molecular flexibility index (Phi) is 5.01. The van der Waals surface area contributed by atoms with E-state index in [9.17, 15) is 13.2 Å². The van der Waals surface area contributed by atoms with E-state index in [0.717, 1.165) is 0 Å². The Bertz CT molecular complexity index is 203. The van der Waals surface area contributed by atoms with Crippen molar-refractivity contribution in [1.82, 2.24) is 4.90 Å². The van der Waals surface area contributed by atoms with Gasteiger partial charge in [-0.3, -0.25) is 4.90 Å². The van der Waals surface area contributed by atoms with Crippen LogP contribution in [0, 0.1) is 0 Å². The second kappa shape index (κ2) is 5.84. The number of nitrogens with two attached hydrogens (primary N) is 1. The molecule has 0 radical (unpaired) electrons. The Balaban J connectivity index is 2.45. The predicted molar refractivity (Wildman–Crippen MR) is 55.1 cm³/mol. The maximum Gasteiger partial charge on any atom is 0.405 e. The van der Waals surface area contributed by atoms with Crippen LogP contribution in [-0.2, 0) is 4.74 Å². The molecule has 16 heavy (non-hydrogen) atoms. The molecular weight excluding hydrogens is 221 g/mol. The molecule has 0 aromatic heterocycles. The van der Waals surface area contributed by atoms with E-state index in [2.05, 4.69) is 0 Å². The minimum Gasteiger partial charge on any atom is -0.378 e. The van der Waals surface area contributed by atoms with Gasteiger partial charge in [0.05, 0.1) is 6.10 Å². The van der Waals surface area contributed by atoms with Crippen molar-refractivity contribution in [3.8, 4) is 0 Å². The third-order valence-electron chi connectivity index (χ3n) is 2.92. The number of hydrogen-bond acceptors (Lipinski definition) is 3. The summed E-state index contributed by atoms with van der Waals surface area (Å²) >= 11 is 0. The topological polar surface area (TPSA) is 38.5 Å². The van der Waals surface area contributed by atoms with Gasteiger partial charge in [-0.1, -0.05) is 0 Å². The largest absolute Gasteiger partial charge is 0.405 e. The first kappa shape index (κ1) is 13.7. The summed E-state index contributed by atoms with van der Waals surface area (Å²) < 4.78 is 43.2. The number of likely N-dealkylation sites (tertiary alicyclic amines) is 1. The van der Waals surface area contributed by atoms with Crippen LogP contribution in [0.25, 0.3) is 0 Å². The van der Waals surface area contributed by atoms with E-state index in [-0.39, 0.29) is 12.6 Å². The van der Waals surface area contributed by atoms with Gasteiger partial charge < -0.3 is 10.5 Å². The van der Waals surface area contributed by atoms with E-state index in [1.165, 1.54) is 4.90 Å². The van der Waals surface area contributed by atoms with Gasteiger partial charge in [-0.25, -0.2) is 0 Å². The molecule has 1 saturated heterocycles. The highest BCUT2D eigenvalue weighted by molar-refractivity contribution is 4.84. The summed E-state index contributed by atoms with van der Waals surface area (Å²) in [6, 6.07) is -1.50. The van der Waals surface area contributed by atoms with Crippen LogP contribution in [0.1, 0.15) is 19.8 Å². The van der Waals surface area contributed by atoms with Gasteiger partial charge in [0.15, 0.2) is 0 Å². The quantitative estimate of drug-likeness (QED) is 0.806. The zero-order valence-corrected chi connectivity index (χ0v) is 9.46. The molecule has 0 bridgehead atoms. The van der Waals surface area contributed by atoms with Crippen LogP contribution in [0.3, 0.4) is 0 Å². The lowest BCUT2D eigenvalue weighted by Gasteiger charge is -2.37. The van der Waals surface area contributed by atoms with Crippen molar-refractivity contribution in [2.45, 2.75) is 38.1 Å². The fourth-order valence-electron chi connectivity index (χ4n) is 2.08. The Morgan fingerprint density at radius 2 is 1.94 bits per heavy atom. The van der Waals surface area contributed by atoms with Gasteiger partial charge in [0.2, 0.25) is 0 Å². The van der Waals surface area contributed by atoms with E-state index in [1.807, 2.05) is 6.92 Å². The van der Waals surface area contributed by atoms with E-state index < -0.39 is 12.2 Å². The molecule has 1 unspecified atom stereocenters. The van der Waals surface area contributed by atoms with Gasteiger partial charge in [-0.15, -0.1) is 0 Å². The highest BCUT2D eigenvalue weighted by Gasteiger charge is 2.43. The third-order valence-corrected chi connectivity index (χ3v) is 2.92. The molecule has 0 aromatic rings. The zero-order valence-electron chi connectivity index (χ0n) is 9.46. The molecule has 0 amide bonds. The number of piperidine rings is 1. The van der Waals surface area contributed by atoms with Gasteiger partial charge in [-0.2, -0.15) is 13.2 Å². The molecule has 0 aliphatic carbocycles. The lowest BCUT2D eigenvalue weighted by molar-refractivity contribution is -0.186. The highest BCUT2D eigenvalue weighted by Crippen LogP contribution is 2.27. The van der Waals surface area contributed by atoms with Gasteiger partial charge in [0, 0.05) is 26.2 Å². The van der Waals surface area contributed by atoms with Crippen molar-refractivity contribution in [3.05, 3.63) is 0 Å². The van der Waals surface area contributed by atoms with Crippen molar-refractivity contribution in [1.29, 1.82) is 0 Å². The van der Waals surface area contributed by atoms with E-state index in [1.54, 1.807) is 0 Å². The fourth-order valence-corrected chi connectivity index (χ4v) is 2.08.